The van der Waals surface area contributed by atoms with Crippen molar-refractivity contribution in [2.24, 2.45) is 0 Å². The molecule has 1 atom stereocenters. The quantitative estimate of drug-likeness (QED) is 0.436. The molecule has 6 rings (SSSR count). The maximum atomic E-state index is 13.9. The molecule has 0 saturated carbocycles. The van der Waals surface area contributed by atoms with Gasteiger partial charge < -0.3 is 14.7 Å². The van der Waals surface area contributed by atoms with Crippen molar-refractivity contribution < 1.29 is 9.18 Å². The topological polar surface area (TPSA) is 69.9 Å². The van der Waals surface area contributed by atoms with E-state index in [0.717, 1.165) is 66.7 Å². The Labute approximate surface area is 209 Å². The van der Waals surface area contributed by atoms with Crippen molar-refractivity contribution in [2.75, 3.05) is 42.5 Å². The molecule has 1 unspecified atom stereocenters. The second-order valence-electron chi connectivity index (χ2n) is 9.39. The number of hydrogen-bond donors (Lipinski definition) is 0. The summed E-state index contributed by atoms with van der Waals surface area (Å²) in [5.41, 5.74) is 3.33. The molecule has 8 nitrogen and oxygen atoms in total. The molecule has 2 saturated heterocycles. The van der Waals surface area contributed by atoms with Gasteiger partial charge in [0.05, 0.1) is 17.9 Å². The third-order valence-electron chi connectivity index (χ3n) is 7.17. The predicted octanol–water partition coefficient (Wildman–Crippen LogP) is 3.94. The molecule has 2 aliphatic heterocycles. The highest BCUT2D eigenvalue weighted by Crippen LogP contribution is 2.35. The first-order chi connectivity index (χ1) is 17.6. The number of fused-ring (bicyclic) bond motifs is 1. The standard InChI is InChI=1S/C27H28FN7O/c1-19(36)32-13-15-33(16-14-32)26-9-3-7-22(30-26)24-18-29-25-10-11-27(31-35(24)25)34-12-4-8-23(34)20-5-2-6-21(28)17-20/h2-3,5-7,9-11,17-18,23H,4,8,12-16H2,1H3. The number of carbonyl (C=O) groups is 1. The Bertz CT molecular complexity index is 1410. The molecule has 1 aromatic carbocycles. The van der Waals surface area contributed by atoms with Crippen molar-refractivity contribution in [3.63, 3.8) is 0 Å². The smallest absolute Gasteiger partial charge is 0.219 e. The van der Waals surface area contributed by atoms with Crippen LogP contribution >= 0.6 is 0 Å². The van der Waals surface area contributed by atoms with Gasteiger partial charge in [-0.2, -0.15) is 0 Å². The van der Waals surface area contributed by atoms with Crippen LogP contribution < -0.4 is 9.80 Å². The molecule has 0 N–H and O–H groups in total. The number of nitrogens with zero attached hydrogens (tertiary/aromatic N) is 7. The summed E-state index contributed by atoms with van der Waals surface area (Å²) >= 11 is 0. The molecule has 9 heteroatoms. The van der Waals surface area contributed by atoms with Gasteiger partial charge in [-0.3, -0.25) is 4.79 Å². The van der Waals surface area contributed by atoms with Gasteiger partial charge in [-0.25, -0.2) is 18.9 Å². The van der Waals surface area contributed by atoms with Gasteiger partial charge in [0, 0.05) is 39.6 Å². The van der Waals surface area contributed by atoms with Crippen molar-refractivity contribution in [1.29, 1.82) is 0 Å². The second kappa shape index (κ2) is 9.22. The maximum absolute atomic E-state index is 13.9. The lowest BCUT2D eigenvalue weighted by molar-refractivity contribution is -0.129. The van der Waals surface area contributed by atoms with Crippen LogP contribution in [0.1, 0.15) is 31.4 Å². The fraction of sp³-hybridized carbons (Fsp3) is 0.333. The van der Waals surface area contributed by atoms with Crippen LogP contribution in [0.4, 0.5) is 16.0 Å². The minimum absolute atomic E-state index is 0.0905. The fourth-order valence-electron chi connectivity index (χ4n) is 5.29. The molecule has 3 aromatic heterocycles. The van der Waals surface area contributed by atoms with E-state index in [1.165, 1.54) is 6.07 Å². The van der Waals surface area contributed by atoms with Crippen LogP contribution in [-0.2, 0) is 4.79 Å². The Kier molecular flexibility index (Phi) is 5.75. The normalized spacial score (nSPS) is 18.3. The average molecular weight is 486 g/mol. The summed E-state index contributed by atoms with van der Waals surface area (Å²) in [4.78, 5) is 27.5. The van der Waals surface area contributed by atoms with Crippen molar-refractivity contribution in [1.82, 2.24) is 24.5 Å². The molecular weight excluding hydrogens is 457 g/mol. The van der Waals surface area contributed by atoms with Gasteiger partial charge in [0.1, 0.15) is 23.1 Å². The van der Waals surface area contributed by atoms with E-state index in [1.54, 1.807) is 25.3 Å². The van der Waals surface area contributed by atoms with E-state index >= 15 is 0 Å². The summed E-state index contributed by atoms with van der Waals surface area (Å²) < 4.78 is 15.7. The number of imidazole rings is 1. The SMILES string of the molecule is CC(=O)N1CCN(c2cccc(-c3cnc4ccc(N5CCCC5c5cccc(F)c5)nn34)n2)CC1. The molecular formula is C27H28FN7O. The van der Waals surface area contributed by atoms with Crippen LogP contribution in [0.15, 0.2) is 60.8 Å². The van der Waals surface area contributed by atoms with Gasteiger partial charge in [0.15, 0.2) is 5.65 Å². The van der Waals surface area contributed by atoms with Gasteiger partial charge in [-0.05, 0) is 54.8 Å². The van der Waals surface area contributed by atoms with Gasteiger partial charge in [-0.15, -0.1) is 5.10 Å². The number of carbonyl (C=O) groups excluding carboxylic acids is 1. The summed E-state index contributed by atoms with van der Waals surface area (Å²) in [5, 5.41) is 4.95. The predicted molar refractivity (Wildman–Crippen MR) is 136 cm³/mol. The van der Waals surface area contributed by atoms with E-state index in [4.69, 9.17) is 10.1 Å². The zero-order valence-corrected chi connectivity index (χ0v) is 20.2. The lowest BCUT2D eigenvalue weighted by atomic mass is 10.0. The van der Waals surface area contributed by atoms with Crippen molar-refractivity contribution in [2.45, 2.75) is 25.8 Å². The minimum atomic E-state index is -0.215. The fourth-order valence-corrected chi connectivity index (χ4v) is 5.29. The molecule has 2 aliphatic rings. The molecule has 5 heterocycles. The van der Waals surface area contributed by atoms with Gasteiger partial charge in [-0.1, -0.05) is 18.2 Å². The highest BCUT2D eigenvalue weighted by Gasteiger charge is 2.28. The second-order valence-corrected chi connectivity index (χ2v) is 9.39. The summed E-state index contributed by atoms with van der Waals surface area (Å²) in [6.45, 7) is 5.38. The van der Waals surface area contributed by atoms with Crippen LogP contribution in [0.25, 0.3) is 17.0 Å². The van der Waals surface area contributed by atoms with Crippen molar-refractivity contribution in [3.05, 3.63) is 72.2 Å². The highest BCUT2D eigenvalue weighted by molar-refractivity contribution is 5.73. The van der Waals surface area contributed by atoms with E-state index < -0.39 is 0 Å². The number of aromatic nitrogens is 4. The first-order valence-corrected chi connectivity index (χ1v) is 12.4. The van der Waals surface area contributed by atoms with Gasteiger partial charge >= 0.3 is 0 Å². The number of anilines is 2. The molecule has 1 amide bonds. The zero-order valence-electron chi connectivity index (χ0n) is 20.2. The summed E-state index contributed by atoms with van der Waals surface area (Å²) in [6, 6.07) is 16.9. The first-order valence-electron chi connectivity index (χ1n) is 12.4. The van der Waals surface area contributed by atoms with E-state index in [1.807, 2.05) is 45.8 Å². The number of piperazine rings is 1. The summed E-state index contributed by atoms with van der Waals surface area (Å²) in [7, 11) is 0. The number of pyridine rings is 1. The van der Waals surface area contributed by atoms with Crippen molar-refractivity contribution in [3.8, 4) is 11.4 Å². The molecule has 0 aliphatic carbocycles. The van der Waals surface area contributed by atoms with Crippen LogP contribution in [-0.4, -0.2) is 63.1 Å². The Morgan fingerprint density at radius 1 is 0.972 bits per heavy atom. The summed E-state index contributed by atoms with van der Waals surface area (Å²) in [5.74, 6) is 1.62. The van der Waals surface area contributed by atoms with Crippen LogP contribution in [0.3, 0.4) is 0 Å². The molecule has 36 heavy (non-hydrogen) atoms. The van der Waals surface area contributed by atoms with E-state index in [2.05, 4.69) is 14.8 Å². The molecule has 2 fully saturated rings. The monoisotopic (exact) mass is 485 g/mol. The van der Waals surface area contributed by atoms with Gasteiger partial charge in [0.25, 0.3) is 0 Å². The first kappa shape index (κ1) is 22.5. The number of amides is 1. The Morgan fingerprint density at radius 3 is 2.61 bits per heavy atom. The molecule has 0 bridgehead atoms. The third kappa shape index (κ3) is 4.14. The van der Waals surface area contributed by atoms with E-state index in [-0.39, 0.29) is 17.8 Å². The van der Waals surface area contributed by atoms with Crippen LogP contribution in [0.5, 0.6) is 0 Å². The number of halogens is 1. The molecule has 0 radical (unpaired) electrons. The van der Waals surface area contributed by atoms with E-state index in [0.29, 0.717) is 13.1 Å². The number of rotatable bonds is 4. The molecule has 0 spiro atoms. The highest BCUT2D eigenvalue weighted by atomic mass is 19.1. The van der Waals surface area contributed by atoms with Crippen LogP contribution in [0.2, 0.25) is 0 Å². The number of benzene rings is 1. The largest absolute Gasteiger partial charge is 0.353 e. The third-order valence-corrected chi connectivity index (χ3v) is 7.17. The summed E-state index contributed by atoms with van der Waals surface area (Å²) in [6.07, 6.45) is 3.79. The van der Waals surface area contributed by atoms with Crippen LogP contribution in [0, 0.1) is 5.82 Å². The minimum Gasteiger partial charge on any atom is -0.353 e. The Hall–Kier alpha value is -4.01. The zero-order chi connectivity index (χ0) is 24.6. The van der Waals surface area contributed by atoms with Gasteiger partial charge in [0.2, 0.25) is 5.91 Å². The Balaban J connectivity index is 1.30. The van der Waals surface area contributed by atoms with E-state index in [9.17, 15) is 9.18 Å². The molecule has 4 aromatic rings. The molecule has 184 valence electrons. The number of hydrogen-bond acceptors (Lipinski definition) is 6. The lowest BCUT2D eigenvalue weighted by Gasteiger charge is -2.35. The van der Waals surface area contributed by atoms with Crippen molar-refractivity contribution >= 4 is 23.2 Å². The Morgan fingerprint density at radius 2 is 1.81 bits per heavy atom. The lowest BCUT2D eigenvalue weighted by Crippen LogP contribution is -2.48. The maximum Gasteiger partial charge on any atom is 0.219 e. The average Bonchev–Trinajstić information content (AvgIpc) is 3.56.